The van der Waals surface area contributed by atoms with Crippen LogP contribution in [0.2, 0.25) is 0 Å². The van der Waals surface area contributed by atoms with E-state index in [1.165, 1.54) is 0 Å². The molecule has 0 atom stereocenters. The van der Waals surface area contributed by atoms with Crippen LogP contribution in [0.5, 0.6) is 0 Å². The number of nitrogens with zero attached hydrogens (tertiary/aromatic N) is 3. The molecule has 54 valence electrons. The molecule has 2 rings (SSSR count). The second kappa shape index (κ2) is 2.27. The Morgan fingerprint density at radius 3 is 3.09 bits per heavy atom. The van der Waals surface area contributed by atoms with Crippen LogP contribution >= 0.6 is 0 Å². The summed E-state index contributed by atoms with van der Waals surface area (Å²) in [5, 5.41) is 7.69. The molecule has 0 aliphatic carbocycles. The summed E-state index contributed by atoms with van der Waals surface area (Å²) in [6.07, 6.45) is 3.47. The fourth-order valence-corrected chi connectivity index (χ4v) is 0.972. The second-order valence-electron chi connectivity index (χ2n) is 2.45. The van der Waals surface area contributed by atoms with Gasteiger partial charge in [0.15, 0.2) is 0 Å². The second-order valence-corrected chi connectivity index (χ2v) is 2.45. The largest absolute Gasteiger partial charge is 0.254 e. The number of fused-ring (bicyclic) bond motifs is 1. The van der Waals surface area contributed by atoms with Crippen molar-refractivity contribution < 1.29 is 0 Å². The van der Waals surface area contributed by atoms with Crippen molar-refractivity contribution in [2.45, 2.75) is 6.92 Å². The van der Waals surface area contributed by atoms with Gasteiger partial charge in [-0.15, -0.1) is 5.10 Å². The monoisotopic (exact) mass is 145 g/mol. The zero-order valence-electron chi connectivity index (χ0n) is 6.15. The molecule has 0 saturated heterocycles. The Morgan fingerprint density at radius 1 is 1.27 bits per heavy atom. The van der Waals surface area contributed by atoms with E-state index in [-0.39, 0.29) is 0 Å². The molecule has 0 amide bonds. The molecule has 0 saturated carbocycles. The number of pyridine rings is 1. The normalized spacial score (nSPS) is 10.3. The van der Waals surface area contributed by atoms with E-state index in [4.69, 9.17) is 0 Å². The Hall–Kier alpha value is -1.51. The van der Waals surface area contributed by atoms with E-state index in [0.29, 0.717) is 0 Å². The SMILES string of the molecule is Cc1cnc2ccnnc2c1. The maximum atomic E-state index is 4.18. The zero-order valence-corrected chi connectivity index (χ0v) is 6.15. The molecule has 0 N–H and O–H groups in total. The summed E-state index contributed by atoms with van der Waals surface area (Å²) >= 11 is 0. The van der Waals surface area contributed by atoms with Crippen molar-refractivity contribution >= 4 is 11.0 Å². The van der Waals surface area contributed by atoms with Crippen LogP contribution in [0.4, 0.5) is 0 Å². The van der Waals surface area contributed by atoms with Crippen molar-refractivity contribution in [1.82, 2.24) is 15.2 Å². The lowest BCUT2D eigenvalue weighted by molar-refractivity contribution is 1.07. The molecule has 0 radical (unpaired) electrons. The van der Waals surface area contributed by atoms with Crippen LogP contribution < -0.4 is 0 Å². The Morgan fingerprint density at radius 2 is 2.18 bits per heavy atom. The molecule has 3 nitrogen and oxygen atoms in total. The molecular weight excluding hydrogens is 138 g/mol. The van der Waals surface area contributed by atoms with E-state index < -0.39 is 0 Å². The molecule has 0 fully saturated rings. The van der Waals surface area contributed by atoms with Crippen molar-refractivity contribution in [3.05, 3.63) is 30.1 Å². The number of hydrogen-bond donors (Lipinski definition) is 0. The van der Waals surface area contributed by atoms with Crippen LogP contribution in [0.3, 0.4) is 0 Å². The maximum absolute atomic E-state index is 4.18. The van der Waals surface area contributed by atoms with E-state index in [0.717, 1.165) is 16.6 Å². The summed E-state index contributed by atoms with van der Waals surface area (Å²) in [7, 11) is 0. The molecule has 0 bridgehead atoms. The van der Waals surface area contributed by atoms with Gasteiger partial charge in [0.25, 0.3) is 0 Å². The van der Waals surface area contributed by atoms with Crippen LogP contribution in [0, 0.1) is 6.92 Å². The fraction of sp³-hybridized carbons (Fsp3) is 0.125. The first kappa shape index (κ1) is 6.22. The summed E-state index contributed by atoms with van der Waals surface area (Å²) in [5.74, 6) is 0. The molecule has 0 aliphatic rings. The van der Waals surface area contributed by atoms with E-state index in [1.807, 2.05) is 25.3 Å². The molecule has 0 aromatic carbocycles. The molecule has 2 aromatic heterocycles. The van der Waals surface area contributed by atoms with E-state index in [1.54, 1.807) is 6.20 Å². The quantitative estimate of drug-likeness (QED) is 0.561. The number of aryl methyl sites for hydroxylation is 1. The number of hydrogen-bond acceptors (Lipinski definition) is 3. The van der Waals surface area contributed by atoms with Crippen LogP contribution in [0.25, 0.3) is 11.0 Å². The standard InChI is InChI=1S/C8H7N3/c1-6-4-8-7(9-5-6)2-3-10-11-8/h2-5H,1H3. The first-order chi connectivity index (χ1) is 5.36. The van der Waals surface area contributed by atoms with E-state index in [2.05, 4.69) is 15.2 Å². The highest BCUT2D eigenvalue weighted by Gasteiger charge is 1.93. The summed E-state index contributed by atoms with van der Waals surface area (Å²) in [6, 6.07) is 3.82. The van der Waals surface area contributed by atoms with Crippen molar-refractivity contribution in [1.29, 1.82) is 0 Å². The van der Waals surface area contributed by atoms with Gasteiger partial charge in [-0.2, -0.15) is 5.10 Å². The van der Waals surface area contributed by atoms with Gasteiger partial charge in [-0.3, -0.25) is 4.98 Å². The average molecular weight is 145 g/mol. The van der Waals surface area contributed by atoms with Gasteiger partial charge in [-0.1, -0.05) is 0 Å². The van der Waals surface area contributed by atoms with Crippen LogP contribution in [0.15, 0.2) is 24.5 Å². The highest BCUT2D eigenvalue weighted by Crippen LogP contribution is 2.06. The summed E-state index contributed by atoms with van der Waals surface area (Å²) in [6.45, 7) is 1.99. The van der Waals surface area contributed by atoms with Crippen molar-refractivity contribution in [2.24, 2.45) is 0 Å². The number of aromatic nitrogens is 3. The minimum absolute atomic E-state index is 0.854. The third kappa shape index (κ3) is 1.05. The lowest BCUT2D eigenvalue weighted by Gasteiger charge is -1.94. The lowest BCUT2D eigenvalue weighted by atomic mass is 10.3. The van der Waals surface area contributed by atoms with Gasteiger partial charge in [-0.25, -0.2) is 0 Å². The Balaban J connectivity index is 2.83. The molecular formula is C8H7N3. The summed E-state index contributed by atoms with van der Waals surface area (Å²) in [5.41, 5.74) is 2.86. The summed E-state index contributed by atoms with van der Waals surface area (Å²) < 4.78 is 0. The third-order valence-electron chi connectivity index (χ3n) is 1.50. The molecule has 2 aromatic rings. The minimum atomic E-state index is 0.854. The number of rotatable bonds is 0. The minimum Gasteiger partial charge on any atom is -0.254 e. The van der Waals surface area contributed by atoms with Crippen LogP contribution in [-0.2, 0) is 0 Å². The van der Waals surface area contributed by atoms with E-state index in [9.17, 15) is 0 Å². The highest BCUT2D eigenvalue weighted by molar-refractivity contribution is 5.73. The molecule has 0 unspecified atom stereocenters. The third-order valence-corrected chi connectivity index (χ3v) is 1.50. The molecule has 0 spiro atoms. The topological polar surface area (TPSA) is 38.7 Å². The predicted octanol–water partition coefficient (Wildman–Crippen LogP) is 1.33. The molecule has 0 aliphatic heterocycles. The lowest BCUT2D eigenvalue weighted by Crippen LogP contribution is -1.85. The zero-order chi connectivity index (χ0) is 7.68. The molecule has 2 heterocycles. The van der Waals surface area contributed by atoms with Gasteiger partial charge in [0, 0.05) is 6.20 Å². The van der Waals surface area contributed by atoms with Crippen molar-refractivity contribution in [3.8, 4) is 0 Å². The first-order valence-electron chi connectivity index (χ1n) is 3.40. The summed E-state index contributed by atoms with van der Waals surface area (Å²) in [4.78, 5) is 4.18. The maximum Gasteiger partial charge on any atom is 0.112 e. The average Bonchev–Trinajstić information content (AvgIpc) is 2.04. The molecule has 11 heavy (non-hydrogen) atoms. The smallest absolute Gasteiger partial charge is 0.112 e. The first-order valence-corrected chi connectivity index (χ1v) is 3.40. The van der Waals surface area contributed by atoms with Gasteiger partial charge in [0.1, 0.15) is 5.52 Å². The van der Waals surface area contributed by atoms with Crippen molar-refractivity contribution in [2.75, 3.05) is 0 Å². The fourth-order valence-electron chi connectivity index (χ4n) is 0.972. The van der Waals surface area contributed by atoms with Gasteiger partial charge < -0.3 is 0 Å². The molecule has 3 heteroatoms. The van der Waals surface area contributed by atoms with Crippen LogP contribution in [0.1, 0.15) is 5.56 Å². The Kier molecular flexibility index (Phi) is 1.28. The predicted molar refractivity (Wildman–Crippen MR) is 42.1 cm³/mol. The Bertz CT molecular complexity index is 384. The van der Waals surface area contributed by atoms with Gasteiger partial charge >= 0.3 is 0 Å². The van der Waals surface area contributed by atoms with Crippen molar-refractivity contribution in [3.63, 3.8) is 0 Å². The van der Waals surface area contributed by atoms with Gasteiger partial charge in [-0.05, 0) is 24.6 Å². The van der Waals surface area contributed by atoms with Gasteiger partial charge in [0.2, 0.25) is 0 Å². The van der Waals surface area contributed by atoms with E-state index >= 15 is 0 Å². The Labute approximate surface area is 64.1 Å². The van der Waals surface area contributed by atoms with Crippen LogP contribution in [-0.4, -0.2) is 15.2 Å². The highest BCUT2D eigenvalue weighted by atomic mass is 15.1. The van der Waals surface area contributed by atoms with Gasteiger partial charge in [0.05, 0.1) is 11.7 Å².